The number of carbonyl (C=O) groups excluding carboxylic acids is 3. The van der Waals surface area contributed by atoms with Gasteiger partial charge in [0.2, 0.25) is 5.91 Å². The van der Waals surface area contributed by atoms with E-state index in [9.17, 15) is 19.6 Å². The lowest BCUT2D eigenvalue weighted by Gasteiger charge is -2.22. The average Bonchev–Trinajstić information content (AvgIpc) is 3.08. The van der Waals surface area contributed by atoms with Crippen LogP contribution in [0.2, 0.25) is 0 Å². The molecule has 1 atom stereocenters. The maximum Gasteiger partial charge on any atom is 0.306 e. The van der Waals surface area contributed by atoms with Gasteiger partial charge in [0.25, 0.3) is 0 Å². The van der Waals surface area contributed by atoms with Crippen molar-refractivity contribution < 1.29 is 29.1 Å². The van der Waals surface area contributed by atoms with Crippen LogP contribution in [0.25, 0.3) is 0 Å². The van der Waals surface area contributed by atoms with Crippen molar-refractivity contribution in [3.05, 3.63) is 0 Å². The summed E-state index contributed by atoms with van der Waals surface area (Å²) in [5.41, 5.74) is 0. The number of hydrogen-bond donors (Lipinski definition) is 1. The molecule has 1 amide bonds. The van der Waals surface area contributed by atoms with E-state index in [2.05, 4.69) is 25.7 Å². The van der Waals surface area contributed by atoms with Crippen LogP contribution in [0.4, 0.5) is 0 Å². The highest BCUT2D eigenvalue weighted by Crippen LogP contribution is 2.17. The number of esters is 2. The Labute approximate surface area is 302 Å². The van der Waals surface area contributed by atoms with Crippen LogP contribution < -0.4 is 0 Å². The van der Waals surface area contributed by atoms with Gasteiger partial charge in [0.1, 0.15) is 6.10 Å². The van der Waals surface area contributed by atoms with Gasteiger partial charge in [-0.1, -0.05) is 124 Å². The molecule has 0 rings (SSSR count). The number of nitrogens with zero attached hydrogens (tertiary/aromatic N) is 2. The standard InChI is InChI=1S/C41H80N2O6/c1-5-8-11-13-20-27-37-48-40(45)32-23-16-14-18-25-34-43(36-28-31-39(44)42(4)47)35-26-19-15-17-24-33-41(46)49-38(29-21-10-7-3)30-22-12-9-6-2/h38,47H,5-37H2,1-4H3. The first-order valence-electron chi connectivity index (χ1n) is 20.9. The van der Waals surface area contributed by atoms with Crippen LogP contribution in [0, 0.1) is 0 Å². The van der Waals surface area contributed by atoms with E-state index in [-0.39, 0.29) is 23.9 Å². The molecule has 0 spiro atoms. The molecule has 0 aliphatic heterocycles. The van der Waals surface area contributed by atoms with Gasteiger partial charge in [-0.3, -0.25) is 19.6 Å². The molecule has 0 bridgehead atoms. The Bertz CT molecular complexity index is 762. The fourth-order valence-corrected chi connectivity index (χ4v) is 6.29. The second-order valence-electron chi connectivity index (χ2n) is 14.3. The minimum absolute atomic E-state index is 0.0188. The van der Waals surface area contributed by atoms with Crippen LogP contribution in [0.5, 0.6) is 0 Å². The molecule has 1 unspecified atom stereocenters. The molecule has 8 nitrogen and oxygen atoms in total. The van der Waals surface area contributed by atoms with Crippen molar-refractivity contribution in [1.29, 1.82) is 0 Å². The summed E-state index contributed by atoms with van der Waals surface area (Å²) in [5.74, 6) is -0.315. The molecule has 0 heterocycles. The molecule has 0 saturated carbocycles. The quantitative estimate of drug-likeness (QED) is 0.0299. The molecule has 0 aromatic rings. The zero-order valence-electron chi connectivity index (χ0n) is 32.8. The molecule has 0 aliphatic carbocycles. The Morgan fingerprint density at radius 3 is 1.51 bits per heavy atom. The highest BCUT2D eigenvalue weighted by atomic mass is 16.5. The lowest BCUT2D eigenvalue weighted by atomic mass is 10.0. The molecule has 0 fully saturated rings. The number of amides is 1. The molecule has 1 N–H and O–H groups in total. The van der Waals surface area contributed by atoms with Gasteiger partial charge in [-0.05, 0) is 83.8 Å². The maximum absolute atomic E-state index is 12.5. The molecule has 0 aromatic carbocycles. The van der Waals surface area contributed by atoms with Crippen molar-refractivity contribution in [2.24, 2.45) is 0 Å². The summed E-state index contributed by atoms with van der Waals surface area (Å²) in [5, 5.41) is 10.1. The van der Waals surface area contributed by atoms with Gasteiger partial charge in [-0.25, -0.2) is 5.06 Å². The predicted octanol–water partition coefficient (Wildman–Crippen LogP) is 11.0. The molecule has 0 aromatic heterocycles. The van der Waals surface area contributed by atoms with Gasteiger partial charge in [-0.2, -0.15) is 0 Å². The lowest BCUT2D eigenvalue weighted by Crippen LogP contribution is -2.29. The van der Waals surface area contributed by atoms with Gasteiger partial charge in [0, 0.05) is 26.3 Å². The van der Waals surface area contributed by atoms with Gasteiger partial charge in [-0.15, -0.1) is 0 Å². The Hall–Kier alpha value is -1.67. The monoisotopic (exact) mass is 697 g/mol. The highest BCUT2D eigenvalue weighted by Gasteiger charge is 2.14. The summed E-state index contributed by atoms with van der Waals surface area (Å²) in [6.07, 6.45) is 30.5. The minimum atomic E-state index is -0.243. The van der Waals surface area contributed by atoms with E-state index in [1.54, 1.807) is 0 Å². The van der Waals surface area contributed by atoms with E-state index in [0.717, 1.165) is 129 Å². The number of ether oxygens (including phenoxy) is 2. The van der Waals surface area contributed by atoms with Crippen molar-refractivity contribution in [1.82, 2.24) is 9.96 Å². The van der Waals surface area contributed by atoms with Crippen LogP contribution in [0.3, 0.4) is 0 Å². The van der Waals surface area contributed by atoms with Gasteiger partial charge in [0.15, 0.2) is 0 Å². The van der Waals surface area contributed by atoms with E-state index in [1.165, 1.54) is 64.8 Å². The Balaban J connectivity index is 4.21. The molecular weight excluding hydrogens is 616 g/mol. The Morgan fingerprint density at radius 2 is 0.939 bits per heavy atom. The number of carbonyl (C=O) groups is 3. The zero-order valence-corrected chi connectivity index (χ0v) is 32.8. The molecule has 49 heavy (non-hydrogen) atoms. The van der Waals surface area contributed by atoms with E-state index in [0.29, 0.717) is 30.9 Å². The smallest absolute Gasteiger partial charge is 0.306 e. The highest BCUT2D eigenvalue weighted by molar-refractivity contribution is 5.74. The van der Waals surface area contributed by atoms with Crippen molar-refractivity contribution in [2.75, 3.05) is 33.3 Å². The average molecular weight is 697 g/mol. The summed E-state index contributed by atoms with van der Waals surface area (Å²) in [6, 6.07) is 0. The first-order chi connectivity index (χ1) is 23.8. The summed E-state index contributed by atoms with van der Waals surface area (Å²) >= 11 is 0. The zero-order chi connectivity index (χ0) is 36.2. The SMILES string of the molecule is CCCCCCCCOC(=O)CCCCCCCN(CCCCCCCC(=O)OC(CCCCC)CCCCCC)CCCC(=O)N(C)O. The van der Waals surface area contributed by atoms with Crippen LogP contribution in [-0.4, -0.2) is 72.4 Å². The summed E-state index contributed by atoms with van der Waals surface area (Å²) < 4.78 is 11.3. The second-order valence-corrected chi connectivity index (χ2v) is 14.3. The number of hydrogen-bond acceptors (Lipinski definition) is 7. The molecule has 290 valence electrons. The third-order valence-corrected chi connectivity index (χ3v) is 9.50. The third-order valence-electron chi connectivity index (χ3n) is 9.50. The van der Waals surface area contributed by atoms with Crippen molar-refractivity contribution in [2.45, 2.75) is 213 Å². The Morgan fingerprint density at radius 1 is 0.510 bits per heavy atom. The lowest BCUT2D eigenvalue weighted by molar-refractivity contribution is -0.159. The van der Waals surface area contributed by atoms with E-state index >= 15 is 0 Å². The van der Waals surface area contributed by atoms with Crippen molar-refractivity contribution >= 4 is 17.8 Å². The summed E-state index contributed by atoms with van der Waals surface area (Å²) in [7, 11) is 1.38. The van der Waals surface area contributed by atoms with Crippen LogP contribution in [-0.2, 0) is 23.9 Å². The first kappa shape index (κ1) is 47.3. The van der Waals surface area contributed by atoms with Crippen LogP contribution in [0.15, 0.2) is 0 Å². The number of unbranched alkanes of at least 4 members (excludes halogenated alkanes) is 18. The van der Waals surface area contributed by atoms with E-state index in [1.807, 2.05) is 0 Å². The maximum atomic E-state index is 12.5. The molecule has 0 saturated heterocycles. The molecular formula is C41H80N2O6. The van der Waals surface area contributed by atoms with Gasteiger partial charge >= 0.3 is 11.9 Å². The molecule has 0 aliphatic rings. The molecule has 0 radical (unpaired) electrons. The normalized spacial score (nSPS) is 12.0. The Kier molecular flexibility index (Phi) is 34.9. The second kappa shape index (κ2) is 36.1. The fourth-order valence-electron chi connectivity index (χ4n) is 6.29. The van der Waals surface area contributed by atoms with Crippen LogP contribution in [0.1, 0.15) is 207 Å². The van der Waals surface area contributed by atoms with Crippen molar-refractivity contribution in [3.63, 3.8) is 0 Å². The van der Waals surface area contributed by atoms with Gasteiger partial charge in [0.05, 0.1) is 6.61 Å². The van der Waals surface area contributed by atoms with E-state index in [4.69, 9.17) is 9.47 Å². The fraction of sp³-hybridized carbons (Fsp3) is 0.927. The third kappa shape index (κ3) is 33.2. The first-order valence-corrected chi connectivity index (χ1v) is 20.9. The minimum Gasteiger partial charge on any atom is -0.466 e. The van der Waals surface area contributed by atoms with Crippen molar-refractivity contribution in [3.8, 4) is 0 Å². The summed E-state index contributed by atoms with van der Waals surface area (Å²) in [4.78, 5) is 38.8. The summed E-state index contributed by atoms with van der Waals surface area (Å²) in [6.45, 7) is 10.1. The van der Waals surface area contributed by atoms with Crippen LogP contribution >= 0.6 is 0 Å². The topological polar surface area (TPSA) is 96.4 Å². The number of rotatable bonds is 37. The van der Waals surface area contributed by atoms with Gasteiger partial charge < -0.3 is 14.4 Å². The number of hydroxylamine groups is 2. The van der Waals surface area contributed by atoms with E-state index < -0.39 is 0 Å². The molecule has 8 heteroatoms. The largest absolute Gasteiger partial charge is 0.466 e. The predicted molar refractivity (Wildman–Crippen MR) is 203 cm³/mol.